The van der Waals surface area contributed by atoms with Crippen molar-refractivity contribution < 1.29 is 8.78 Å². The Labute approximate surface area is 140 Å². The summed E-state index contributed by atoms with van der Waals surface area (Å²) in [5.41, 5.74) is 2.33. The van der Waals surface area contributed by atoms with Crippen LogP contribution in [0.4, 0.5) is 8.78 Å². The smallest absolute Gasteiger partial charge is 0.155 e. The summed E-state index contributed by atoms with van der Waals surface area (Å²) in [6.07, 6.45) is 4.92. The highest BCUT2D eigenvalue weighted by molar-refractivity contribution is 6.31. The van der Waals surface area contributed by atoms with E-state index in [0.29, 0.717) is 22.6 Å². The summed E-state index contributed by atoms with van der Waals surface area (Å²) in [6.45, 7) is 0. The van der Waals surface area contributed by atoms with Gasteiger partial charge in [-0.3, -0.25) is 4.98 Å². The van der Waals surface area contributed by atoms with Gasteiger partial charge in [-0.2, -0.15) is 5.10 Å². The minimum atomic E-state index is -0.811. The highest BCUT2D eigenvalue weighted by atomic mass is 35.5. The van der Waals surface area contributed by atoms with Crippen LogP contribution in [0.2, 0.25) is 5.02 Å². The summed E-state index contributed by atoms with van der Waals surface area (Å²) in [6, 6.07) is 9.00. The Bertz CT molecular complexity index is 1060. The van der Waals surface area contributed by atoms with Crippen LogP contribution in [-0.4, -0.2) is 19.6 Å². The van der Waals surface area contributed by atoms with Gasteiger partial charge in [0.05, 0.1) is 22.6 Å². The predicted octanol–water partition coefficient (Wildman–Crippen LogP) is 4.39. The summed E-state index contributed by atoms with van der Waals surface area (Å²) < 4.78 is 29.3. The second-order valence-electron chi connectivity index (χ2n) is 5.09. The highest BCUT2D eigenvalue weighted by Gasteiger charge is 2.16. The number of nitrogens with zero attached hydrogens (tertiary/aromatic N) is 4. The lowest BCUT2D eigenvalue weighted by Gasteiger charge is -2.10. The fraction of sp³-hybridized carbons (Fsp3) is 0. The molecule has 4 rings (SSSR count). The van der Waals surface area contributed by atoms with Crippen molar-refractivity contribution in [3.63, 3.8) is 0 Å². The first-order valence-corrected chi connectivity index (χ1v) is 7.42. The summed E-state index contributed by atoms with van der Waals surface area (Å²) in [5, 5.41) is 3.92. The van der Waals surface area contributed by atoms with Crippen molar-refractivity contribution in [1.82, 2.24) is 19.6 Å². The molecule has 0 fully saturated rings. The average Bonchev–Trinajstić information content (AvgIpc) is 3.06. The zero-order valence-electron chi connectivity index (χ0n) is 12.1. The number of hydrogen-bond donors (Lipinski definition) is 0. The van der Waals surface area contributed by atoms with Gasteiger partial charge >= 0.3 is 0 Å². The van der Waals surface area contributed by atoms with Crippen molar-refractivity contribution in [2.75, 3.05) is 0 Å². The molecule has 24 heavy (non-hydrogen) atoms. The van der Waals surface area contributed by atoms with E-state index in [1.807, 2.05) is 0 Å². The maximum atomic E-state index is 14.2. The SMILES string of the molecule is Fc1cc(F)c(-c2ncccc2-c2ccn3nccc3n2)cc1Cl. The second kappa shape index (κ2) is 5.65. The topological polar surface area (TPSA) is 43.1 Å². The average molecular weight is 343 g/mol. The third kappa shape index (κ3) is 2.41. The zero-order chi connectivity index (χ0) is 16.7. The molecule has 3 aromatic heterocycles. The van der Waals surface area contributed by atoms with Gasteiger partial charge in [-0.1, -0.05) is 11.6 Å². The van der Waals surface area contributed by atoms with Gasteiger partial charge in [0, 0.05) is 35.7 Å². The van der Waals surface area contributed by atoms with Crippen LogP contribution < -0.4 is 0 Å². The standard InChI is InChI=1S/C17H9ClF2N4/c18-12-8-11(13(19)9-14(12)20)17-10(2-1-5-21-17)15-4-7-24-16(23-15)3-6-22-24/h1-9H. The van der Waals surface area contributed by atoms with Crippen LogP contribution in [-0.2, 0) is 0 Å². The monoisotopic (exact) mass is 342 g/mol. The summed E-state index contributed by atoms with van der Waals surface area (Å²) >= 11 is 5.80. The van der Waals surface area contributed by atoms with Crippen LogP contribution in [0.3, 0.4) is 0 Å². The van der Waals surface area contributed by atoms with Gasteiger partial charge in [-0.05, 0) is 24.3 Å². The predicted molar refractivity (Wildman–Crippen MR) is 86.6 cm³/mol. The Hall–Kier alpha value is -2.86. The Morgan fingerprint density at radius 3 is 2.71 bits per heavy atom. The van der Waals surface area contributed by atoms with Crippen molar-refractivity contribution in [3.8, 4) is 22.5 Å². The minimum Gasteiger partial charge on any atom is -0.255 e. The minimum absolute atomic E-state index is 0.118. The molecular weight excluding hydrogens is 334 g/mol. The zero-order valence-corrected chi connectivity index (χ0v) is 12.9. The fourth-order valence-electron chi connectivity index (χ4n) is 2.49. The van der Waals surface area contributed by atoms with Crippen LogP contribution in [0.15, 0.2) is 55.0 Å². The number of rotatable bonds is 2. The van der Waals surface area contributed by atoms with Gasteiger partial charge in [0.2, 0.25) is 0 Å². The van der Waals surface area contributed by atoms with Crippen LogP contribution in [0.5, 0.6) is 0 Å². The molecule has 0 aliphatic carbocycles. The maximum Gasteiger partial charge on any atom is 0.155 e. The molecule has 4 nitrogen and oxygen atoms in total. The summed E-state index contributed by atoms with van der Waals surface area (Å²) in [7, 11) is 0. The van der Waals surface area contributed by atoms with E-state index in [1.165, 1.54) is 12.3 Å². The highest BCUT2D eigenvalue weighted by Crippen LogP contribution is 2.33. The molecule has 1 aromatic carbocycles. The van der Waals surface area contributed by atoms with Gasteiger partial charge in [-0.25, -0.2) is 18.3 Å². The Balaban J connectivity index is 1.94. The molecular formula is C17H9ClF2N4. The van der Waals surface area contributed by atoms with Crippen LogP contribution in [0, 0.1) is 11.6 Å². The molecule has 0 radical (unpaired) electrons. The third-order valence-electron chi connectivity index (χ3n) is 3.61. The molecule has 118 valence electrons. The Morgan fingerprint density at radius 1 is 0.958 bits per heavy atom. The maximum absolute atomic E-state index is 14.2. The van der Waals surface area contributed by atoms with Gasteiger partial charge < -0.3 is 0 Å². The molecule has 0 bridgehead atoms. The van der Waals surface area contributed by atoms with E-state index in [2.05, 4.69) is 15.1 Å². The lowest BCUT2D eigenvalue weighted by Crippen LogP contribution is -1.96. The largest absolute Gasteiger partial charge is 0.255 e. The number of fused-ring (bicyclic) bond motifs is 1. The van der Waals surface area contributed by atoms with Crippen LogP contribution in [0.25, 0.3) is 28.2 Å². The molecule has 0 atom stereocenters. The molecule has 3 heterocycles. The lowest BCUT2D eigenvalue weighted by atomic mass is 10.0. The van der Waals surface area contributed by atoms with E-state index < -0.39 is 11.6 Å². The van der Waals surface area contributed by atoms with Crippen molar-refractivity contribution in [2.45, 2.75) is 0 Å². The quantitative estimate of drug-likeness (QED) is 0.507. The number of hydrogen-bond acceptors (Lipinski definition) is 3. The third-order valence-corrected chi connectivity index (χ3v) is 3.90. The van der Waals surface area contributed by atoms with Crippen molar-refractivity contribution in [2.24, 2.45) is 0 Å². The van der Waals surface area contributed by atoms with E-state index >= 15 is 0 Å². The molecule has 0 spiro atoms. The first-order valence-electron chi connectivity index (χ1n) is 7.04. The summed E-state index contributed by atoms with van der Waals surface area (Å²) in [4.78, 5) is 8.73. The van der Waals surface area contributed by atoms with E-state index in [9.17, 15) is 8.78 Å². The number of halogens is 3. The van der Waals surface area contributed by atoms with E-state index in [1.54, 1.807) is 41.2 Å². The molecule has 0 saturated carbocycles. The Kier molecular flexibility index (Phi) is 3.46. The normalized spacial score (nSPS) is 11.1. The van der Waals surface area contributed by atoms with Gasteiger partial charge in [0.1, 0.15) is 11.6 Å². The van der Waals surface area contributed by atoms with E-state index in [0.717, 1.165) is 6.07 Å². The molecule has 4 aromatic rings. The second-order valence-corrected chi connectivity index (χ2v) is 5.50. The van der Waals surface area contributed by atoms with E-state index in [4.69, 9.17) is 11.6 Å². The molecule has 0 aliphatic rings. The fourth-order valence-corrected chi connectivity index (χ4v) is 2.66. The lowest BCUT2D eigenvalue weighted by molar-refractivity contribution is 0.585. The molecule has 0 N–H and O–H groups in total. The Morgan fingerprint density at radius 2 is 1.83 bits per heavy atom. The van der Waals surface area contributed by atoms with Gasteiger partial charge in [0.15, 0.2) is 5.65 Å². The van der Waals surface area contributed by atoms with Gasteiger partial charge in [-0.15, -0.1) is 0 Å². The molecule has 0 amide bonds. The first-order chi connectivity index (χ1) is 11.6. The number of pyridine rings is 1. The molecule has 0 saturated heterocycles. The number of aromatic nitrogens is 4. The van der Waals surface area contributed by atoms with E-state index in [-0.39, 0.29) is 10.6 Å². The van der Waals surface area contributed by atoms with Crippen molar-refractivity contribution >= 4 is 17.2 Å². The molecule has 0 aliphatic heterocycles. The van der Waals surface area contributed by atoms with Gasteiger partial charge in [0.25, 0.3) is 0 Å². The van der Waals surface area contributed by atoms with Crippen LogP contribution in [0.1, 0.15) is 0 Å². The van der Waals surface area contributed by atoms with Crippen molar-refractivity contribution in [3.05, 3.63) is 71.6 Å². The van der Waals surface area contributed by atoms with Crippen LogP contribution >= 0.6 is 11.6 Å². The molecule has 0 unspecified atom stereocenters. The summed E-state index contributed by atoms with van der Waals surface area (Å²) in [5.74, 6) is -1.54. The first kappa shape index (κ1) is 14.7. The van der Waals surface area contributed by atoms with Crippen molar-refractivity contribution in [1.29, 1.82) is 0 Å². The molecule has 7 heteroatoms. The number of benzene rings is 1.